The summed E-state index contributed by atoms with van der Waals surface area (Å²) in [7, 11) is 0. The minimum absolute atomic E-state index is 0.0600. The molecule has 0 amide bonds. The molecular weight excluding hydrogens is 415 g/mol. The molecule has 0 radical (unpaired) electrons. The Morgan fingerprint density at radius 1 is 0.812 bits per heavy atom. The van der Waals surface area contributed by atoms with Crippen molar-refractivity contribution in [1.29, 1.82) is 0 Å². The van der Waals surface area contributed by atoms with E-state index in [1.54, 1.807) is 24.3 Å². The van der Waals surface area contributed by atoms with Gasteiger partial charge < -0.3 is 0 Å². The number of fused-ring (bicyclic) bond motifs is 1. The Morgan fingerprint density at radius 3 is 2.25 bits per heavy atom. The van der Waals surface area contributed by atoms with E-state index >= 15 is 0 Å². The average molecular weight is 430 g/mol. The van der Waals surface area contributed by atoms with Crippen molar-refractivity contribution in [3.63, 3.8) is 0 Å². The summed E-state index contributed by atoms with van der Waals surface area (Å²) < 4.78 is 14.6. The maximum Gasteiger partial charge on any atom is 0.301 e. The number of nitrogens with zero attached hydrogens (tertiary/aromatic N) is 3. The number of halogens is 1. The van der Waals surface area contributed by atoms with Gasteiger partial charge in [-0.05, 0) is 35.0 Å². The molecule has 0 saturated heterocycles. The quantitative estimate of drug-likeness (QED) is 0.241. The number of hydrogen-bond acceptors (Lipinski definition) is 6. The van der Waals surface area contributed by atoms with Gasteiger partial charge in [-0.2, -0.15) is 5.10 Å². The summed E-state index contributed by atoms with van der Waals surface area (Å²) >= 11 is 0. The molecule has 0 unspecified atom stereocenters. The summed E-state index contributed by atoms with van der Waals surface area (Å²) in [5, 5.41) is 28.6. The molecule has 158 valence electrons. The summed E-state index contributed by atoms with van der Waals surface area (Å²) in [6, 6.07) is 22.3. The molecule has 0 saturated carbocycles. The second-order valence-electron chi connectivity index (χ2n) is 6.83. The van der Waals surface area contributed by atoms with Crippen molar-refractivity contribution in [3.8, 4) is 0 Å². The van der Waals surface area contributed by atoms with E-state index < -0.39 is 27.0 Å². The lowest BCUT2D eigenvalue weighted by atomic mass is 9.99. The van der Waals surface area contributed by atoms with Gasteiger partial charge in [0.25, 0.3) is 5.69 Å². The lowest BCUT2D eigenvalue weighted by Gasteiger charge is -2.11. The lowest BCUT2D eigenvalue weighted by molar-refractivity contribution is -0.393. The third kappa shape index (κ3) is 4.12. The third-order valence-corrected chi connectivity index (χ3v) is 4.83. The molecule has 0 aliphatic heterocycles. The summed E-state index contributed by atoms with van der Waals surface area (Å²) in [6.07, 6.45) is 0. The molecular formula is C23H15FN4O4. The van der Waals surface area contributed by atoms with Gasteiger partial charge in [-0.25, -0.2) is 4.39 Å². The van der Waals surface area contributed by atoms with E-state index in [9.17, 15) is 24.6 Å². The minimum Gasteiger partial charge on any atom is -0.271 e. The van der Waals surface area contributed by atoms with Gasteiger partial charge in [-0.1, -0.05) is 48.5 Å². The van der Waals surface area contributed by atoms with Crippen LogP contribution in [0.1, 0.15) is 11.1 Å². The fraction of sp³-hybridized carbons (Fsp3) is 0. The molecule has 0 aliphatic rings. The van der Waals surface area contributed by atoms with Crippen LogP contribution in [-0.4, -0.2) is 15.6 Å². The third-order valence-electron chi connectivity index (χ3n) is 4.83. The Bertz CT molecular complexity index is 1390. The first-order valence-electron chi connectivity index (χ1n) is 9.44. The van der Waals surface area contributed by atoms with Gasteiger partial charge in [0.2, 0.25) is 0 Å². The number of hydrazone groups is 1. The highest BCUT2D eigenvalue weighted by molar-refractivity contribution is 6.14. The Morgan fingerprint density at radius 2 is 1.53 bits per heavy atom. The van der Waals surface area contributed by atoms with Crippen molar-refractivity contribution in [2.24, 2.45) is 5.10 Å². The first kappa shape index (κ1) is 20.6. The second kappa shape index (κ2) is 8.60. The summed E-state index contributed by atoms with van der Waals surface area (Å²) in [6.45, 7) is 0. The van der Waals surface area contributed by atoms with Crippen LogP contribution in [-0.2, 0) is 0 Å². The fourth-order valence-electron chi connectivity index (χ4n) is 3.27. The average Bonchev–Trinajstić information content (AvgIpc) is 2.80. The van der Waals surface area contributed by atoms with Gasteiger partial charge in [0, 0.05) is 17.2 Å². The first-order chi connectivity index (χ1) is 15.4. The molecule has 0 heterocycles. The van der Waals surface area contributed by atoms with E-state index in [1.807, 2.05) is 36.4 Å². The Kier molecular flexibility index (Phi) is 5.54. The molecule has 4 aromatic rings. The summed E-state index contributed by atoms with van der Waals surface area (Å²) in [4.78, 5) is 20.9. The molecule has 0 bridgehead atoms. The maximum absolute atomic E-state index is 14.6. The highest BCUT2D eigenvalue weighted by Gasteiger charge is 2.20. The van der Waals surface area contributed by atoms with Gasteiger partial charge in [-0.3, -0.25) is 25.7 Å². The van der Waals surface area contributed by atoms with Crippen molar-refractivity contribution in [2.45, 2.75) is 0 Å². The van der Waals surface area contributed by atoms with Gasteiger partial charge in [0.15, 0.2) is 0 Å². The Labute approximate surface area is 180 Å². The minimum atomic E-state index is -0.746. The zero-order valence-electron chi connectivity index (χ0n) is 16.4. The van der Waals surface area contributed by atoms with Gasteiger partial charge >= 0.3 is 5.69 Å². The van der Waals surface area contributed by atoms with Crippen LogP contribution in [0.4, 0.5) is 21.5 Å². The van der Waals surface area contributed by atoms with Crippen LogP contribution in [0.3, 0.4) is 0 Å². The molecule has 0 atom stereocenters. The number of anilines is 1. The van der Waals surface area contributed by atoms with Crippen LogP contribution >= 0.6 is 0 Å². The standard InChI is InChI=1S/C23H15FN4O4/c24-20-8-4-3-7-19(20)23(17-10-9-15-5-1-2-6-16(15)13-17)26-25-21-12-11-18(27(29)30)14-22(21)28(31)32/h1-14,25H. The lowest BCUT2D eigenvalue weighted by Crippen LogP contribution is -2.09. The number of nitrogens with one attached hydrogen (secondary N) is 1. The Balaban J connectivity index is 1.83. The molecule has 9 heteroatoms. The van der Waals surface area contributed by atoms with E-state index in [-0.39, 0.29) is 17.0 Å². The molecule has 0 spiro atoms. The van der Waals surface area contributed by atoms with Crippen LogP contribution < -0.4 is 5.43 Å². The van der Waals surface area contributed by atoms with Crippen LogP contribution in [0.15, 0.2) is 90.0 Å². The van der Waals surface area contributed by atoms with Crippen LogP contribution in [0, 0.1) is 26.0 Å². The van der Waals surface area contributed by atoms with Crippen LogP contribution in [0.25, 0.3) is 10.8 Å². The molecule has 1 N–H and O–H groups in total. The normalized spacial score (nSPS) is 11.3. The first-order valence-corrected chi connectivity index (χ1v) is 9.44. The van der Waals surface area contributed by atoms with Crippen LogP contribution in [0.5, 0.6) is 0 Å². The van der Waals surface area contributed by atoms with Gasteiger partial charge in [0.05, 0.1) is 15.9 Å². The van der Waals surface area contributed by atoms with E-state index in [0.29, 0.717) is 5.56 Å². The van der Waals surface area contributed by atoms with Crippen molar-refractivity contribution in [1.82, 2.24) is 0 Å². The smallest absolute Gasteiger partial charge is 0.271 e. The molecule has 4 rings (SSSR count). The number of nitro groups is 2. The molecule has 0 aromatic heterocycles. The Hall–Kier alpha value is -4.66. The van der Waals surface area contributed by atoms with Crippen molar-refractivity contribution in [3.05, 3.63) is 122 Å². The molecule has 8 nitrogen and oxygen atoms in total. The number of benzene rings is 4. The zero-order valence-corrected chi connectivity index (χ0v) is 16.4. The van der Waals surface area contributed by atoms with E-state index in [2.05, 4.69) is 10.5 Å². The van der Waals surface area contributed by atoms with Crippen molar-refractivity contribution >= 4 is 33.5 Å². The zero-order chi connectivity index (χ0) is 22.7. The highest BCUT2D eigenvalue weighted by Crippen LogP contribution is 2.29. The molecule has 0 aliphatic carbocycles. The van der Waals surface area contributed by atoms with Gasteiger partial charge in [-0.15, -0.1) is 0 Å². The number of nitro benzene ring substituents is 2. The van der Waals surface area contributed by atoms with Crippen molar-refractivity contribution < 1.29 is 14.2 Å². The monoisotopic (exact) mass is 430 g/mol. The fourth-order valence-corrected chi connectivity index (χ4v) is 3.27. The topological polar surface area (TPSA) is 111 Å². The highest BCUT2D eigenvalue weighted by atomic mass is 19.1. The molecule has 32 heavy (non-hydrogen) atoms. The predicted octanol–water partition coefficient (Wildman–Crippen LogP) is 5.66. The van der Waals surface area contributed by atoms with Crippen molar-refractivity contribution in [2.75, 3.05) is 5.43 Å². The van der Waals surface area contributed by atoms with E-state index in [1.165, 1.54) is 12.1 Å². The number of rotatable bonds is 6. The summed E-state index contributed by atoms with van der Waals surface area (Å²) in [5.74, 6) is -0.514. The van der Waals surface area contributed by atoms with Gasteiger partial charge in [0.1, 0.15) is 17.2 Å². The predicted molar refractivity (Wildman–Crippen MR) is 119 cm³/mol. The SMILES string of the molecule is O=[N+]([O-])c1ccc(NN=C(c2ccc3ccccc3c2)c2ccccc2F)c([N+](=O)[O-])c1. The molecule has 0 fully saturated rings. The number of non-ortho nitro benzene ring substituents is 1. The largest absolute Gasteiger partial charge is 0.301 e. The van der Waals surface area contributed by atoms with E-state index in [4.69, 9.17) is 0 Å². The van der Waals surface area contributed by atoms with Crippen LogP contribution in [0.2, 0.25) is 0 Å². The summed E-state index contributed by atoms with van der Waals surface area (Å²) in [5.41, 5.74) is 2.60. The van der Waals surface area contributed by atoms with E-state index in [0.717, 1.165) is 22.9 Å². The molecule has 4 aromatic carbocycles. The maximum atomic E-state index is 14.6. The second-order valence-corrected chi connectivity index (χ2v) is 6.83. The number of hydrogen-bond donors (Lipinski definition) is 1.